The van der Waals surface area contributed by atoms with Gasteiger partial charge in [-0.2, -0.15) is 0 Å². The summed E-state index contributed by atoms with van der Waals surface area (Å²) in [5.41, 5.74) is 1.45. The van der Waals surface area contributed by atoms with Gasteiger partial charge in [0.05, 0.1) is 18.3 Å². The molecule has 136 valence electrons. The predicted molar refractivity (Wildman–Crippen MR) is 101 cm³/mol. The Morgan fingerprint density at radius 2 is 1.96 bits per heavy atom. The second kappa shape index (κ2) is 7.08. The van der Waals surface area contributed by atoms with Gasteiger partial charge in [0, 0.05) is 22.4 Å². The molecule has 2 aromatic carbocycles. The zero-order chi connectivity index (χ0) is 18.3. The van der Waals surface area contributed by atoms with Crippen molar-refractivity contribution in [2.24, 2.45) is 0 Å². The van der Waals surface area contributed by atoms with Gasteiger partial charge in [0.1, 0.15) is 11.9 Å². The monoisotopic (exact) mass is 372 g/mol. The van der Waals surface area contributed by atoms with E-state index in [4.69, 9.17) is 4.74 Å². The van der Waals surface area contributed by atoms with Crippen LogP contribution in [-0.2, 0) is 11.2 Å². The number of aliphatic hydroxyl groups is 2. The first-order valence-corrected chi connectivity index (χ1v) is 9.60. The summed E-state index contributed by atoms with van der Waals surface area (Å²) in [6.45, 7) is 1.74. The Morgan fingerprint density at radius 1 is 1.15 bits per heavy atom. The minimum absolute atomic E-state index is 0.240. The third kappa shape index (κ3) is 3.40. The summed E-state index contributed by atoms with van der Waals surface area (Å²) < 4.78 is 21.4. The third-order valence-corrected chi connectivity index (χ3v) is 6.11. The zero-order valence-electron chi connectivity index (χ0n) is 14.4. The number of benzene rings is 2. The third-order valence-electron chi connectivity index (χ3n) is 4.99. The lowest BCUT2D eigenvalue weighted by molar-refractivity contribution is -0.163. The van der Waals surface area contributed by atoms with Gasteiger partial charge in [0.2, 0.25) is 0 Å². The van der Waals surface area contributed by atoms with Crippen LogP contribution >= 0.6 is 11.3 Å². The van der Waals surface area contributed by atoms with Crippen LogP contribution in [0.5, 0.6) is 0 Å². The Balaban J connectivity index is 1.60. The number of rotatable bonds is 3. The Morgan fingerprint density at radius 3 is 2.73 bits per heavy atom. The lowest BCUT2D eigenvalue weighted by atomic mass is 9.93. The van der Waals surface area contributed by atoms with Gasteiger partial charge in [-0.05, 0) is 47.7 Å². The highest BCUT2D eigenvalue weighted by Gasteiger charge is 2.34. The van der Waals surface area contributed by atoms with Crippen molar-refractivity contribution in [2.45, 2.75) is 44.2 Å². The van der Waals surface area contributed by atoms with Crippen LogP contribution in [0.3, 0.4) is 0 Å². The molecule has 1 saturated heterocycles. The fraction of sp³-hybridized carbons (Fsp3) is 0.333. The van der Waals surface area contributed by atoms with Gasteiger partial charge in [-0.25, -0.2) is 4.39 Å². The lowest BCUT2D eigenvalue weighted by Gasteiger charge is -2.35. The van der Waals surface area contributed by atoms with E-state index in [2.05, 4.69) is 18.2 Å². The van der Waals surface area contributed by atoms with Crippen LogP contribution < -0.4 is 0 Å². The summed E-state index contributed by atoms with van der Waals surface area (Å²) in [4.78, 5) is 1.11. The molecule has 4 rings (SSSR count). The Labute approximate surface area is 155 Å². The summed E-state index contributed by atoms with van der Waals surface area (Å²) in [5.74, 6) is -0.240. The van der Waals surface area contributed by atoms with Crippen LogP contribution in [0.1, 0.15) is 35.5 Å². The molecule has 0 spiro atoms. The van der Waals surface area contributed by atoms with Crippen molar-refractivity contribution in [3.63, 3.8) is 0 Å². The maximum absolute atomic E-state index is 14.4. The highest BCUT2D eigenvalue weighted by Crippen LogP contribution is 2.34. The molecular weight excluding hydrogens is 351 g/mol. The Kier molecular flexibility index (Phi) is 4.80. The minimum Gasteiger partial charge on any atom is -0.390 e. The van der Waals surface area contributed by atoms with E-state index in [9.17, 15) is 14.6 Å². The van der Waals surface area contributed by atoms with Crippen molar-refractivity contribution >= 4 is 21.4 Å². The quantitative estimate of drug-likeness (QED) is 0.724. The van der Waals surface area contributed by atoms with Gasteiger partial charge in [0.25, 0.3) is 0 Å². The number of hydrogen-bond donors (Lipinski definition) is 2. The molecule has 2 heterocycles. The molecule has 2 N–H and O–H groups in total. The summed E-state index contributed by atoms with van der Waals surface area (Å²) in [6, 6.07) is 15.2. The summed E-state index contributed by atoms with van der Waals surface area (Å²) >= 11 is 1.67. The second-order valence-electron chi connectivity index (χ2n) is 6.90. The highest BCUT2D eigenvalue weighted by atomic mass is 32.1. The first kappa shape index (κ1) is 17.6. The number of hydrogen-bond acceptors (Lipinski definition) is 4. The van der Waals surface area contributed by atoms with E-state index < -0.39 is 18.3 Å². The smallest absolute Gasteiger partial charge is 0.126 e. The molecule has 0 radical (unpaired) electrons. The standard InChI is InChI=1S/C21H21FO3S/c1-12-21(24)18(23)11-19(25-12)13-6-7-17(22)15(8-13)10-16-9-14-4-2-3-5-20(14)26-16/h2-9,12,18-19,21,23-24H,10-11H2,1H3/t12?,18?,19-,21?/m1/s1. The number of fused-ring (bicyclic) bond motifs is 1. The Hall–Kier alpha value is -1.79. The molecule has 1 aliphatic rings. The predicted octanol–water partition coefficient (Wildman–Crippen LogP) is 4.20. The van der Waals surface area contributed by atoms with Crippen molar-refractivity contribution in [1.29, 1.82) is 0 Å². The molecule has 0 saturated carbocycles. The normalized spacial score (nSPS) is 26.3. The molecule has 3 unspecified atom stereocenters. The molecular formula is C21H21FO3S. The van der Waals surface area contributed by atoms with E-state index in [1.807, 2.05) is 18.2 Å². The highest BCUT2D eigenvalue weighted by molar-refractivity contribution is 7.19. The average Bonchev–Trinajstić information content (AvgIpc) is 3.03. The fourth-order valence-electron chi connectivity index (χ4n) is 3.52. The van der Waals surface area contributed by atoms with Crippen molar-refractivity contribution < 1.29 is 19.3 Å². The van der Waals surface area contributed by atoms with Gasteiger partial charge in [-0.3, -0.25) is 0 Å². The molecule has 3 aromatic rings. The van der Waals surface area contributed by atoms with Crippen LogP contribution in [0.4, 0.5) is 4.39 Å². The van der Waals surface area contributed by atoms with Crippen LogP contribution in [0, 0.1) is 5.82 Å². The number of thiophene rings is 1. The van der Waals surface area contributed by atoms with Gasteiger partial charge >= 0.3 is 0 Å². The van der Waals surface area contributed by atoms with Crippen LogP contribution in [0.15, 0.2) is 48.5 Å². The van der Waals surface area contributed by atoms with Gasteiger partial charge in [-0.15, -0.1) is 11.3 Å². The SMILES string of the molecule is CC1O[C@@H](c2ccc(F)c(Cc3cc4ccccc4s3)c2)CC(O)C1O. The first-order chi connectivity index (χ1) is 12.5. The molecule has 26 heavy (non-hydrogen) atoms. The van der Waals surface area contributed by atoms with Crippen molar-refractivity contribution in [2.75, 3.05) is 0 Å². The van der Waals surface area contributed by atoms with Gasteiger partial charge in [-0.1, -0.05) is 24.3 Å². The molecule has 0 amide bonds. The topological polar surface area (TPSA) is 49.7 Å². The van der Waals surface area contributed by atoms with Gasteiger partial charge < -0.3 is 14.9 Å². The number of halogens is 1. The average molecular weight is 372 g/mol. The van der Waals surface area contributed by atoms with Crippen molar-refractivity contribution in [1.82, 2.24) is 0 Å². The summed E-state index contributed by atoms with van der Waals surface area (Å²) in [7, 11) is 0. The van der Waals surface area contributed by atoms with Crippen LogP contribution in [0.2, 0.25) is 0 Å². The summed E-state index contributed by atoms with van der Waals surface area (Å²) in [6.07, 6.45) is -1.69. The minimum atomic E-state index is -0.885. The molecule has 0 bridgehead atoms. The lowest BCUT2D eigenvalue weighted by Crippen LogP contribution is -2.43. The van der Waals surface area contributed by atoms with E-state index in [0.717, 1.165) is 10.4 Å². The van der Waals surface area contributed by atoms with E-state index in [-0.39, 0.29) is 11.9 Å². The molecule has 1 aliphatic heterocycles. The molecule has 1 aromatic heterocycles. The second-order valence-corrected chi connectivity index (χ2v) is 8.07. The number of aliphatic hydroxyl groups excluding tert-OH is 2. The van der Waals surface area contributed by atoms with E-state index in [1.54, 1.807) is 24.3 Å². The largest absolute Gasteiger partial charge is 0.390 e. The first-order valence-electron chi connectivity index (χ1n) is 8.78. The maximum Gasteiger partial charge on any atom is 0.126 e. The molecule has 1 fully saturated rings. The van der Waals surface area contributed by atoms with Crippen LogP contribution in [-0.4, -0.2) is 28.5 Å². The fourth-order valence-corrected chi connectivity index (χ4v) is 4.61. The number of ether oxygens (including phenoxy) is 1. The van der Waals surface area contributed by atoms with E-state index in [0.29, 0.717) is 18.4 Å². The van der Waals surface area contributed by atoms with Crippen LogP contribution in [0.25, 0.3) is 10.1 Å². The van der Waals surface area contributed by atoms with E-state index >= 15 is 0 Å². The molecule has 4 atom stereocenters. The van der Waals surface area contributed by atoms with E-state index in [1.165, 1.54) is 16.2 Å². The zero-order valence-corrected chi connectivity index (χ0v) is 15.2. The summed E-state index contributed by atoms with van der Waals surface area (Å²) in [5, 5.41) is 21.0. The Bertz CT molecular complexity index is 878. The van der Waals surface area contributed by atoms with Crippen molar-refractivity contribution in [3.8, 4) is 0 Å². The molecule has 5 heteroatoms. The van der Waals surface area contributed by atoms with Gasteiger partial charge in [0.15, 0.2) is 0 Å². The maximum atomic E-state index is 14.4. The molecule has 3 nitrogen and oxygen atoms in total. The molecule has 0 aliphatic carbocycles. The van der Waals surface area contributed by atoms with Crippen molar-refractivity contribution in [3.05, 3.63) is 70.4 Å².